The first-order chi connectivity index (χ1) is 4.86. The van der Waals surface area contributed by atoms with Crippen LogP contribution in [0.1, 0.15) is 6.42 Å². The molecule has 0 radical (unpaired) electrons. The lowest BCUT2D eigenvalue weighted by atomic mass is 10.0. The van der Waals surface area contributed by atoms with Crippen LogP contribution in [0.25, 0.3) is 0 Å². The largest absolute Gasteiger partial charge is 0.428 e. The highest BCUT2D eigenvalue weighted by atomic mass is 127. The Hall–Kier alpha value is -0.0300. The van der Waals surface area contributed by atoms with Crippen LogP contribution in [0.5, 0.6) is 0 Å². The van der Waals surface area contributed by atoms with Crippen molar-refractivity contribution in [2.24, 2.45) is 5.92 Å². The van der Waals surface area contributed by atoms with Crippen LogP contribution >= 0.6 is 23.0 Å². The van der Waals surface area contributed by atoms with Crippen molar-refractivity contribution in [1.82, 2.24) is 0 Å². The van der Waals surface area contributed by atoms with Gasteiger partial charge in [0.15, 0.2) is 23.0 Å². The quantitative estimate of drug-likeness (QED) is 0.759. The molecule has 1 aliphatic rings. The average Bonchev–Trinajstić information content (AvgIpc) is 2.05. The number of hydrogen-bond donors (Lipinski definition) is 1. The topological polar surface area (TPSA) is 29.5 Å². The Bertz CT molecular complexity index is 163. The Kier molecular flexibility index (Phi) is 3.21. The zero-order chi connectivity index (χ0) is 7.40. The molecule has 1 aliphatic carbocycles. The molecule has 56 valence electrons. The lowest BCUT2D eigenvalue weighted by molar-refractivity contribution is 0.252. The van der Waals surface area contributed by atoms with Crippen molar-refractivity contribution in [1.29, 1.82) is 0 Å². The van der Waals surface area contributed by atoms with Crippen molar-refractivity contribution in [3.8, 4) is 0 Å². The van der Waals surface area contributed by atoms with E-state index in [4.69, 9.17) is 8.17 Å². The summed E-state index contributed by atoms with van der Waals surface area (Å²) in [7, 11) is 0. The molecule has 0 bridgehead atoms. The molecule has 0 aromatic heterocycles. The predicted molar refractivity (Wildman–Crippen MR) is 47.5 cm³/mol. The van der Waals surface area contributed by atoms with Gasteiger partial charge in [0.25, 0.3) is 0 Å². The van der Waals surface area contributed by atoms with Crippen LogP contribution in [0.4, 0.5) is 0 Å². The molecule has 0 aromatic carbocycles. The maximum absolute atomic E-state index is 8.73. The molecule has 2 nitrogen and oxygen atoms in total. The Labute approximate surface area is 74.3 Å². The standard InChI is InChI=1S/C7H9IO2/c8-10-7-3-1-6(5-9)2-4-7/h1,3-4,6,9H,2,5H2. The van der Waals surface area contributed by atoms with E-state index in [0.29, 0.717) is 0 Å². The summed E-state index contributed by atoms with van der Waals surface area (Å²) in [5.74, 6) is 1.17. The monoisotopic (exact) mass is 252 g/mol. The fraction of sp³-hybridized carbons (Fsp3) is 0.429. The van der Waals surface area contributed by atoms with Gasteiger partial charge in [-0.05, 0) is 18.6 Å². The molecular formula is C7H9IO2. The van der Waals surface area contributed by atoms with Crippen molar-refractivity contribution in [2.75, 3.05) is 6.61 Å². The minimum Gasteiger partial charge on any atom is -0.428 e. The van der Waals surface area contributed by atoms with Crippen LogP contribution < -0.4 is 0 Å². The minimum atomic E-state index is 0.224. The van der Waals surface area contributed by atoms with Crippen LogP contribution in [0.2, 0.25) is 0 Å². The first kappa shape index (κ1) is 8.07. The smallest absolute Gasteiger partial charge is 0.192 e. The molecule has 0 amide bonds. The van der Waals surface area contributed by atoms with E-state index in [1.807, 2.05) is 41.2 Å². The molecule has 1 atom stereocenters. The third kappa shape index (κ3) is 1.98. The first-order valence-electron chi connectivity index (χ1n) is 3.14. The summed E-state index contributed by atoms with van der Waals surface area (Å²) in [6.07, 6.45) is 6.71. The van der Waals surface area contributed by atoms with Crippen LogP contribution in [0.3, 0.4) is 0 Å². The Morgan fingerprint density at radius 1 is 1.80 bits per heavy atom. The fourth-order valence-electron chi connectivity index (χ4n) is 0.838. The van der Waals surface area contributed by atoms with Gasteiger partial charge in [-0.3, -0.25) is 0 Å². The van der Waals surface area contributed by atoms with Gasteiger partial charge in [-0.2, -0.15) is 0 Å². The highest BCUT2D eigenvalue weighted by molar-refractivity contribution is 14.1. The number of allylic oxidation sites excluding steroid dienone is 2. The van der Waals surface area contributed by atoms with Gasteiger partial charge in [0, 0.05) is 12.5 Å². The lowest BCUT2D eigenvalue weighted by Gasteiger charge is -2.10. The number of halogens is 1. The van der Waals surface area contributed by atoms with Gasteiger partial charge in [-0.25, -0.2) is 0 Å². The van der Waals surface area contributed by atoms with Crippen LogP contribution in [0, 0.1) is 5.92 Å². The predicted octanol–water partition coefficient (Wildman–Crippen LogP) is 1.81. The van der Waals surface area contributed by atoms with Gasteiger partial charge >= 0.3 is 0 Å². The van der Waals surface area contributed by atoms with Gasteiger partial charge in [0.1, 0.15) is 5.76 Å². The third-order valence-electron chi connectivity index (χ3n) is 1.48. The van der Waals surface area contributed by atoms with Crippen molar-refractivity contribution < 1.29 is 8.17 Å². The minimum absolute atomic E-state index is 0.224. The molecule has 1 rings (SSSR count). The molecule has 1 N–H and O–H groups in total. The zero-order valence-corrected chi connectivity index (χ0v) is 7.61. The van der Waals surface area contributed by atoms with E-state index in [-0.39, 0.29) is 12.5 Å². The molecular weight excluding hydrogens is 243 g/mol. The molecule has 0 spiro atoms. The number of aliphatic hydroxyl groups excluding tert-OH is 1. The second-order valence-corrected chi connectivity index (χ2v) is 2.66. The summed E-state index contributed by atoms with van der Waals surface area (Å²) in [4.78, 5) is 0. The number of aliphatic hydroxyl groups is 1. The average molecular weight is 252 g/mol. The second-order valence-electron chi connectivity index (χ2n) is 2.22. The molecule has 0 saturated carbocycles. The van der Waals surface area contributed by atoms with E-state index < -0.39 is 0 Å². The van der Waals surface area contributed by atoms with Crippen LogP contribution in [0.15, 0.2) is 24.0 Å². The van der Waals surface area contributed by atoms with Gasteiger partial charge < -0.3 is 8.17 Å². The van der Waals surface area contributed by atoms with Gasteiger partial charge in [0.05, 0.1) is 0 Å². The summed E-state index contributed by atoms with van der Waals surface area (Å²) >= 11 is 1.84. The van der Waals surface area contributed by atoms with Crippen molar-refractivity contribution >= 4 is 23.0 Å². The number of hydrogen-bond acceptors (Lipinski definition) is 2. The van der Waals surface area contributed by atoms with Gasteiger partial charge in [-0.15, -0.1) is 0 Å². The molecule has 10 heavy (non-hydrogen) atoms. The summed E-state index contributed by atoms with van der Waals surface area (Å²) in [5, 5.41) is 8.73. The maximum atomic E-state index is 8.73. The Balaban J connectivity index is 2.46. The highest BCUT2D eigenvalue weighted by Crippen LogP contribution is 2.17. The molecule has 0 aliphatic heterocycles. The second kappa shape index (κ2) is 3.98. The van der Waals surface area contributed by atoms with Gasteiger partial charge in [0.2, 0.25) is 0 Å². The van der Waals surface area contributed by atoms with Crippen molar-refractivity contribution in [3.63, 3.8) is 0 Å². The molecule has 0 aromatic rings. The first-order valence-corrected chi connectivity index (χ1v) is 4.02. The summed E-state index contributed by atoms with van der Waals surface area (Å²) < 4.78 is 4.95. The molecule has 1 unspecified atom stereocenters. The Morgan fingerprint density at radius 3 is 3.00 bits per heavy atom. The van der Waals surface area contributed by atoms with Crippen molar-refractivity contribution in [2.45, 2.75) is 6.42 Å². The maximum Gasteiger partial charge on any atom is 0.192 e. The molecule has 3 heteroatoms. The molecule has 0 heterocycles. The zero-order valence-electron chi connectivity index (χ0n) is 5.46. The van der Waals surface area contributed by atoms with E-state index in [1.54, 1.807) is 0 Å². The lowest BCUT2D eigenvalue weighted by Crippen LogP contribution is -2.04. The van der Waals surface area contributed by atoms with Crippen molar-refractivity contribution in [3.05, 3.63) is 24.0 Å². The molecule has 0 saturated heterocycles. The Morgan fingerprint density at radius 2 is 2.60 bits per heavy atom. The van der Waals surface area contributed by atoms with E-state index in [9.17, 15) is 0 Å². The summed E-state index contributed by atoms with van der Waals surface area (Å²) in [6.45, 7) is 0.224. The third-order valence-corrected chi connectivity index (χ3v) is 1.99. The summed E-state index contributed by atoms with van der Waals surface area (Å²) in [6, 6.07) is 0. The highest BCUT2D eigenvalue weighted by Gasteiger charge is 2.06. The summed E-state index contributed by atoms with van der Waals surface area (Å²) in [5.41, 5.74) is 0. The van der Waals surface area contributed by atoms with E-state index in [0.717, 1.165) is 12.2 Å². The normalized spacial score (nSPS) is 24.2. The van der Waals surface area contributed by atoms with E-state index >= 15 is 0 Å². The van der Waals surface area contributed by atoms with Gasteiger partial charge in [-0.1, -0.05) is 6.08 Å². The van der Waals surface area contributed by atoms with Crippen LogP contribution in [-0.4, -0.2) is 11.7 Å². The van der Waals surface area contributed by atoms with Crippen LogP contribution in [-0.2, 0) is 3.07 Å². The van der Waals surface area contributed by atoms with E-state index in [2.05, 4.69) is 0 Å². The van der Waals surface area contributed by atoms with E-state index in [1.165, 1.54) is 0 Å². The molecule has 0 fully saturated rings. The SMILES string of the molecule is OCC1C=CC(OI)=CC1. The fourth-order valence-corrected chi connectivity index (χ4v) is 1.16. The number of rotatable bonds is 2.